The van der Waals surface area contributed by atoms with Gasteiger partial charge in [0.1, 0.15) is 0 Å². The Morgan fingerprint density at radius 2 is 2.00 bits per heavy atom. The summed E-state index contributed by atoms with van der Waals surface area (Å²) in [5.41, 5.74) is 7.29. The molecule has 0 aromatic heterocycles. The fraction of sp³-hybridized carbons (Fsp3) is 0.600. The largest absolute Gasteiger partial charge is 0.329 e. The van der Waals surface area contributed by atoms with Crippen LogP contribution < -0.4 is 5.73 Å². The van der Waals surface area contributed by atoms with Gasteiger partial charge in [0.05, 0.1) is 0 Å². The standard InChI is InChI=1S/C15H25N3/c1-17-9-5-10-18(13-15(17)12-16)11-8-14-6-3-2-4-7-14/h2-4,6-7,15H,5,8-13,16H2,1H3. The van der Waals surface area contributed by atoms with Crippen LogP contribution in [0.1, 0.15) is 12.0 Å². The predicted molar refractivity (Wildman–Crippen MR) is 76.7 cm³/mol. The maximum Gasteiger partial charge on any atom is 0.0342 e. The second-order valence-corrected chi connectivity index (χ2v) is 5.26. The predicted octanol–water partition coefficient (Wildman–Crippen LogP) is 1.19. The molecule has 0 saturated carbocycles. The van der Waals surface area contributed by atoms with Gasteiger partial charge in [-0.25, -0.2) is 0 Å². The molecule has 3 nitrogen and oxygen atoms in total. The quantitative estimate of drug-likeness (QED) is 0.867. The topological polar surface area (TPSA) is 32.5 Å². The van der Waals surface area contributed by atoms with Gasteiger partial charge in [0.2, 0.25) is 0 Å². The molecule has 1 fully saturated rings. The van der Waals surface area contributed by atoms with Crippen LogP contribution in [0.3, 0.4) is 0 Å². The first-order valence-corrected chi connectivity index (χ1v) is 6.96. The molecule has 0 radical (unpaired) electrons. The Labute approximate surface area is 111 Å². The first-order valence-electron chi connectivity index (χ1n) is 6.96. The Morgan fingerprint density at radius 3 is 2.72 bits per heavy atom. The summed E-state index contributed by atoms with van der Waals surface area (Å²) in [6.45, 7) is 5.39. The number of hydrogen-bond donors (Lipinski definition) is 1. The lowest BCUT2D eigenvalue weighted by atomic mass is 10.1. The van der Waals surface area contributed by atoms with Crippen LogP contribution in [0.15, 0.2) is 30.3 Å². The van der Waals surface area contributed by atoms with Gasteiger partial charge in [0.25, 0.3) is 0 Å². The van der Waals surface area contributed by atoms with Crippen molar-refractivity contribution in [3.8, 4) is 0 Å². The molecule has 1 unspecified atom stereocenters. The van der Waals surface area contributed by atoms with Crippen LogP contribution in [-0.4, -0.2) is 55.6 Å². The highest BCUT2D eigenvalue weighted by atomic mass is 15.2. The molecule has 0 bridgehead atoms. The Bertz CT molecular complexity index is 339. The summed E-state index contributed by atoms with van der Waals surface area (Å²) < 4.78 is 0. The summed E-state index contributed by atoms with van der Waals surface area (Å²) in [6.07, 6.45) is 2.39. The zero-order chi connectivity index (χ0) is 12.8. The van der Waals surface area contributed by atoms with Crippen molar-refractivity contribution < 1.29 is 0 Å². The van der Waals surface area contributed by atoms with Crippen molar-refractivity contribution >= 4 is 0 Å². The Morgan fingerprint density at radius 1 is 1.22 bits per heavy atom. The monoisotopic (exact) mass is 247 g/mol. The Hall–Kier alpha value is -0.900. The first-order chi connectivity index (χ1) is 8.79. The molecule has 3 heteroatoms. The SMILES string of the molecule is CN1CCCN(CCc2ccccc2)CC1CN. The molecule has 1 atom stereocenters. The summed E-state index contributed by atoms with van der Waals surface area (Å²) in [5, 5.41) is 0. The molecule has 0 amide bonds. The summed E-state index contributed by atoms with van der Waals surface area (Å²) in [6, 6.07) is 11.3. The third-order valence-electron chi connectivity index (χ3n) is 3.91. The van der Waals surface area contributed by atoms with Gasteiger partial charge in [-0.2, -0.15) is 0 Å². The van der Waals surface area contributed by atoms with Crippen LogP contribution in [0.25, 0.3) is 0 Å². The number of rotatable bonds is 4. The van der Waals surface area contributed by atoms with Gasteiger partial charge in [0, 0.05) is 25.7 Å². The number of hydrogen-bond acceptors (Lipinski definition) is 3. The second-order valence-electron chi connectivity index (χ2n) is 5.26. The molecule has 2 rings (SSSR count). The lowest BCUT2D eigenvalue weighted by Gasteiger charge is -2.27. The first kappa shape index (κ1) is 13.5. The molecule has 1 aliphatic heterocycles. The molecule has 1 saturated heterocycles. The fourth-order valence-corrected chi connectivity index (χ4v) is 2.64. The van der Waals surface area contributed by atoms with E-state index in [1.54, 1.807) is 0 Å². The van der Waals surface area contributed by atoms with Crippen LogP contribution in [0.2, 0.25) is 0 Å². The number of likely N-dealkylation sites (N-methyl/N-ethyl adjacent to an activating group) is 1. The summed E-state index contributed by atoms with van der Waals surface area (Å²) in [5.74, 6) is 0. The van der Waals surface area contributed by atoms with Crippen molar-refractivity contribution in [2.45, 2.75) is 18.9 Å². The lowest BCUT2D eigenvalue weighted by molar-refractivity contribution is 0.213. The molecule has 18 heavy (non-hydrogen) atoms. The van der Waals surface area contributed by atoms with Crippen molar-refractivity contribution in [3.05, 3.63) is 35.9 Å². The van der Waals surface area contributed by atoms with Crippen molar-refractivity contribution in [1.29, 1.82) is 0 Å². The highest BCUT2D eigenvalue weighted by molar-refractivity contribution is 5.14. The summed E-state index contributed by atoms with van der Waals surface area (Å²) in [4.78, 5) is 4.97. The minimum Gasteiger partial charge on any atom is -0.329 e. The van der Waals surface area contributed by atoms with Crippen LogP contribution >= 0.6 is 0 Å². The van der Waals surface area contributed by atoms with Crippen molar-refractivity contribution in [2.75, 3.05) is 39.8 Å². The molecule has 1 aliphatic rings. The highest BCUT2D eigenvalue weighted by Crippen LogP contribution is 2.09. The molecule has 2 N–H and O–H groups in total. The average molecular weight is 247 g/mol. The van der Waals surface area contributed by atoms with Gasteiger partial charge >= 0.3 is 0 Å². The van der Waals surface area contributed by atoms with E-state index in [1.807, 2.05) is 0 Å². The van der Waals surface area contributed by atoms with Gasteiger partial charge in [-0.3, -0.25) is 0 Å². The normalized spacial score (nSPS) is 22.9. The van der Waals surface area contributed by atoms with E-state index in [-0.39, 0.29) is 0 Å². The van der Waals surface area contributed by atoms with Crippen LogP contribution in [0.5, 0.6) is 0 Å². The number of benzene rings is 1. The molecule has 1 aromatic carbocycles. The molecular formula is C15H25N3. The number of nitrogens with two attached hydrogens (primary N) is 1. The van der Waals surface area contributed by atoms with E-state index in [9.17, 15) is 0 Å². The van der Waals surface area contributed by atoms with E-state index >= 15 is 0 Å². The van der Waals surface area contributed by atoms with E-state index in [0.29, 0.717) is 6.04 Å². The molecule has 0 aliphatic carbocycles. The minimum atomic E-state index is 0.517. The van der Waals surface area contributed by atoms with E-state index in [0.717, 1.165) is 26.1 Å². The van der Waals surface area contributed by atoms with Crippen molar-refractivity contribution in [2.24, 2.45) is 5.73 Å². The van der Waals surface area contributed by atoms with Crippen molar-refractivity contribution in [1.82, 2.24) is 9.80 Å². The summed E-state index contributed by atoms with van der Waals surface area (Å²) in [7, 11) is 2.19. The average Bonchev–Trinajstić information content (AvgIpc) is 2.59. The molecule has 0 spiro atoms. The Balaban J connectivity index is 1.85. The van der Waals surface area contributed by atoms with E-state index in [1.165, 1.54) is 25.1 Å². The smallest absolute Gasteiger partial charge is 0.0342 e. The Kier molecular flexibility index (Phi) is 5.17. The second kappa shape index (κ2) is 6.88. The van der Waals surface area contributed by atoms with Gasteiger partial charge in [-0.1, -0.05) is 30.3 Å². The van der Waals surface area contributed by atoms with E-state index in [4.69, 9.17) is 5.73 Å². The molecule has 1 heterocycles. The third kappa shape index (κ3) is 3.80. The van der Waals surface area contributed by atoms with E-state index in [2.05, 4.69) is 47.2 Å². The maximum absolute atomic E-state index is 5.86. The van der Waals surface area contributed by atoms with Crippen LogP contribution in [0, 0.1) is 0 Å². The minimum absolute atomic E-state index is 0.517. The lowest BCUT2D eigenvalue weighted by Crippen LogP contribution is -2.44. The van der Waals surface area contributed by atoms with Gasteiger partial charge < -0.3 is 15.5 Å². The zero-order valence-electron chi connectivity index (χ0n) is 11.4. The van der Waals surface area contributed by atoms with Crippen LogP contribution in [0.4, 0.5) is 0 Å². The molecule has 100 valence electrons. The maximum atomic E-state index is 5.86. The van der Waals surface area contributed by atoms with Gasteiger partial charge in [-0.05, 0) is 38.5 Å². The van der Waals surface area contributed by atoms with Gasteiger partial charge in [-0.15, -0.1) is 0 Å². The van der Waals surface area contributed by atoms with Gasteiger partial charge in [0.15, 0.2) is 0 Å². The van der Waals surface area contributed by atoms with Crippen molar-refractivity contribution in [3.63, 3.8) is 0 Å². The summed E-state index contributed by atoms with van der Waals surface area (Å²) >= 11 is 0. The third-order valence-corrected chi connectivity index (χ3v) is 3.91. The molecule has 1 aromatic rings. The van der Waals surface area contributed by atoms with E-state index < -0.39 is 0 Å². The number of nitrogens with zero attached hydrogens (tertiary/aromatic N) is 2. The fourth-order valence-electron chi connectivity index (χ4n) is 2.64. The van der Waals surface area contributed by atoms with Crippen LogP contribution in [-0.2, 0) is 6.42 Å². The molecular weight excluding hydrogens is 222 g/mol. The zero-order valence-corrected chi connectivity index (χ0v) is 11.4. The highest BCUT2D eigenvalue weighted by Gasteiger charge is 2.20.